The van der Waals surface area contributed by atoms with E-state index in [1.54, 1.807) is 0 Å². The van der Waals surface area contributed by atoms with Crippen LogP contribution in [0, 0.1) is 0 Å². The van der Waals surface area contributed by atoms with Crippen molar-refractivity contribution in [2.24, 2.45) is 5.16 Å². The summed E-state index contributed by atoms with van der Waals surface area (Å²) >= 11 is 2.29. The van der Waals surface area contributed by atoms with Crippen LogP contribution in [0.4, 0.5) is 5.13 Å². The van der Waals surface area contributed by atoms with Gasteiger partial charge in [-0.3, -0.25) is 24.1 Å². The quantitative estimate of drug-likeness (QED) is 0.114. The van der Waals surface area contributed by atoms with Crippen molar-refractivity contribution in [3.8, 4) is 0 Å². The number of ketones is 1. The van der Waals surface area contributed by atoms with E-state index in [9.17, 15) is 29.1 Å². The normalized spacial score (nSPS) is 18.6. The number of Topliss-reactive ketones (excluding diaryl/α,β-unsaturated/α-hetero) is 1. The number of hydrogen-bond donors (Lipinski definition) is 3. The molecule has 0 radical (unpaired) electrons. The molecule has 4 N–H and O–H groups in total. The molecule has 1 aromatic carbocycles. The van der Waals surface area contributed by atoms with Crippen LogP contribution in [0.3, 0.4) is 0 Å². The Hall–Kier alpha value is -4.24. The Labute approximate surface area is 230 Å². The number of β-lactam (4-membered cyclic amide) rings is 1. The zero-order chi connectivity index (χ0) is 28.1. The summed E-state index contributed by atoms with van der Waals surface area (Å²) in [7, 11) is 0. The molecule has 0 saturated carbocycles. The Morgan fingerprint density at radius 3 is 2.62 bits per heavy atom. The number of amides is 2. The number of rotatable bonds is 11. The van der Waals surface area contributed by atoms with Gasteiger partial charge in [-0.15, -0.1) is 23.1 Å². The number of aromatic nitrogens is 1. The number of nitrogen functional groups attached to an aromatic ring is 1. The SMILES string of the molecule is CC(=O)CC(=O)OCC1=C(C(=O)O)N2C(=O)[C@@H](NC(=O)/C(=N\OCc3ccccc3)c3csc(N)n3)[C@H]2SC1. The summed E-state index contributed by atoms with van der Waals surface area (Å²) in [5.41, 5.74) is 6.37. The number of aliphatic carboxylic acids is 1. The van der Waals surface area contributed by atoms with Crippen LogP contribution in [0.15, 0.2) is 52.1 Å². The second-order valence-corrected chi connectivity index (χ2v) is 10.4. The van der Waals surface area contributed by atoms with E-state index < -0.39 is 47.4 Å². The molecule has 2 aliphatic rings. The first kappa shape index (κ1) is 27.8. The molecule has 1 fully saturated rings. The molecule has 1 saturated heterocycles. The van der Waals surface area contributed by atoms with Crippen molar-refractivity contribution in [2.75, 3.05) is 18.1 Å². The molecule has 2 atom stereocenters. The molecule has 1 aromatic heterocycles. The molecule has 0 bridgehead atoms. The fourth-order valence-electron chi connectivity index (χ4n) is 3.77. The van der Waals surface area contributed by atoms with Gasteiger partial charge in [-0.05, 0) is 12.5 Å². The topological polar surface area (TPSA) is 191 Å². The minimum atomic E-state index is -1.38. The highest BCUT2D eigenvalue weighted by atomic mass is 32.2. The number of carbonyl (C=O) groups excluding carboxylic acids is 4. The zero-order valence-electron chi connectivity index (χ0n) is 20.5. The third kappa shape index (κ3) is 6.43. The van der Waals surface area contributed by atoms with Crippen LogP contribution in [-0.4, -0.2) is 74.0 Å². The first-order chi connectivity index (χ1) is 18.7. The average Bonchev–Trinajstić information content (AvgIpc) is 3.33. The highest BCUT2D eigenvalue weighted by Crippen LogP contribution is 2.40. The minimum absolute atomic E-state index is 0.0817. The standard InChI is InChI=1S/C24H23N5O8S2/c1-12(30)7-16(31)36-9-14-10-38-22-18(21(33)29(22)19(14)23(34)35)27-20(32)17(15-11-39-24(25)26-15)28-37-8-13-5-3-2-4-6-13/h2-6,11,18,22H,7-10H2,1H3,(H2,25,26)(H,27,32)(H,34,35)/b28-17-/t18-,22-/m1/s1. The van der Waals surface area contributed by atoms with Crippen molar-refractivity contribution < 1.29 is 38.7 Å². The van der Waals surface area contributed by atoms with Gasteiger partial charge in [-0.1, -0.05) is 35.5 Å². The van der Waals surface area contributed by atoms with Gasteiger partial charge in [-0.2, -0.15) is 0 Å². The van der Waals surface area contributed by atoms with Crippen molar-refractivity contribution in [3.05, 3.63) is 58.2 Å². The van der Waals surface area contributed by atoms with Gasteiger partial charge in [0.2, 0.25) is 0 Å². The summed E-state index contributed by atoms with van der Waals surface area (Å²) in [4.78, 5) is 71.4. The second kappa shape index (κ2) is 12.1. The maximum Gasteiger partial charge on any atom is 0.352 e. The van der Waals surface area contributed by atoms with E-state index in [1.807, 2.05) is 30.3 Å². The molecule has 0 unspecified atom stereocenters. The summed E-state index contributed by atoms with van der Waals surface area (Å²) in [5.74, 6) is -3.86. The summed E-state index contributed by atoms with van der Waals surface area (Å²) < 4.78 is 5.01. The van der Waals surface area contributed by atoms with Gasteiger partial charge in [0, 0.05) is 16.7 Å². The smallest absolute Gasteiger partial charge is 0.352 e. The van der Waals surface area contributed by atoms with E-state index in [-0.39, 0.29) is 46.8 Å². The second-order valence-electron chi connectivity index (χ2n) is 8.43. The van der Waals surface area contributed by atoms with Crippen molar-refractivity contribution in [2.45, 2.75) is 31.4 Å². The molecule has 3 heterocycles. The number of fused-ring (bicyclic) bond motifs is 1. The van der Waals surface area contributed by atoms with Crippen molar-refractivity contribution in [3.63, 3.8) is 0 Å². The van der Waals surface area contributed by atoms with E-state index in [1.165, 1.54) is 24.1 Å². The Kier molecular flexibility index (Phi) is 8.61. The molecule has 2 amide bonds. The van der Waals surface area contributed by atoms with Crippen LogP contribution < -0.4 is 11.1 Å². The maximum absolute atomic E-state index is 13.2. The molecule has 13 nitrogen and oxygen atoms in total. The molecule has 2 aromatic rings. The Bertz CT molecular complexity index is 1370. The number of nitrogens with two attached hydrogens (primary N) is 1. The van der Waals surface area contributed by atoms with Crippen LogP contribution in [0.2, 0.25) is 0 Å². The number of anilines is 1. The number of thiazole rings is 1. The molecule has 204 valence electrons. The molecule has 0 aliphatic carbocycles. The minimum Gasteiger partial charge on any atom is -0.477 e. The lowest BCUT2D eigenvalue weighted by molar-refractivity contribution is -0.150. The van der Waals surface area contributed by atoms with Crippen LogP contribution in [-0.2, 0) is 40.2 Å². The molecule has 0 spiro atoms. The van der Waals surface area contributed by atoms with Crippen molar-refractivity contribution >= 4 is 63.5 Å². The van der Waals surface area contributed by atoms with Crippen LogP contribution >= 0.6 is 23.1 Å². The van der Waals surface area contributed by atoms with Crippen molar-refractivity contribution in [1.82, 2.24) is 15.2 Å². The van der Waals surface area contributed by atoms with Gasteiger partial charge >= 0.3 is 11.9 Å². The predicted octanol–water partition coefficient (Wildman–Crippen LogP) is 0.907. The van der Waals surface area contributed by atoms with E-state index in [4.69, 9.17) is 15.3 Å². The summed E-state index contributed by atoms with van der Waals surface area (Å²) in [6.45, 7) is 0.930. The number of esters is 1. The average molecular weight is 574 g/mol. The summed E-state index contributed by atoms with van der Waals surface area (Å²) in [6.07, 6.45) is -0.439. The summed E-state index contributed by atoms with van der Waals surface area (Å²) in [6, 6.07) is 8.10. The molecule has 39 heavy (non-hydrogen) atoms. The largest absolute Gasteiger partial charge is 0.477 e. The Balaban J connectivity index is 1.47. The molecular formula is C24H23N5O8S2. The number of carboxylic acids is 1. The zero-order valence-corrected chi connectivity index (χ0v) is 22.1. The lowest BCUT2D eigenvalue weighted by atomic mass is 10.0. The molecule has 15 heteroatoms. The van der Waals surface area contributed by atoms with Gasteiger partial charge in [0.25, 0.3) is 11.8 Å². The van der Waals surface area contributed by atoms with E-state index in [0.717, 1.165) is 21.8 Å². The third-order valence-corrected chi connectivity index (χ3v) is 7.56. The first-order valence-corrected chi connectivity index (χ1v) is 13.4. The fourth-order valence-corrected chi connectivity index (χ4v) is 5.65. The number of oxime groups is 1. The highest BCUT2D eigenvalue weighted by Gasteiger charge is 2.54. The lowest BCUT2D eigenvalue weighted by Gasteiger charge is -2.49. The van der Waals surface area contributed by atoms with E-state index in [2.05, 4.69) is 15.5 Å². The first-order valence-electron chi connectivity index (χ1n) is 11.5. The monoisotopic (exact) mass is 573 g/mol. The van der Waals surface area contributed by atoms with Gasteiger partial charge in [0.15, 0.2) is 10.8 Å². The van der Waals surface area contributed by atoms with Gasteiger partial charge in [0.1, 0.15) is 48.2 Å². The number of nitrogens with one attached hydrogen (secondary N) is 1. The number of thioether (sulfide) groups is 1. The Morgan fingerprint density at radius 1 is 1.23 bits per heavy atom. The van der Waals surface area contributed by atoms with Crippen LogP contribution in [0.1, 0.15) is 24.6 Å². The van der Waals surface area contributed by atoms with Crippen LogP contribution in [0.25, 0.3) is 0 Å². The number of hydrogen-bond acceptors (Lipinski definition) is 12. The maximum atomic E-state index is 13.2. The molecule has 2 aliphatic heterocycles. The third-order valence-electron chi connectivity index (χ3n) is 5.55. The highest BCUT2D eigenvalue weighted by molar-refractivity contribution is 8.00. The van der Waals surface area contributed by atoms with Gasteiger partial charge in [-0.25, -0.2) is 9.78 Å². The number of benzene rings is 1. The number of nitrogens with zero attached hydrogens (tertiary/aromatic N) is 3. The van der Waals surface area contributed by atoms with Crippen LogP contribution in [0.5, 0.6) is 0 Å². The number of ether oxygens (including phenoxy) is 1. The predicted molar refractivity (Wildman–Crippen MR) is 140 cm³/mol. The molecule has 4 rings (SSSR count). The van der Waals surface area contributed by atoms with E-state index >= 15 is 0 Å². The molecular weight excluding hydrogens is 550 g/mol. The number of carboxylic acid groups (broad SMARTS) is 1. The summed E-state index contributed by atoms with van der Waals surface area (Å²) in [5, 5.41) is 17.3. The lowest BCUT2D eigenvalue weighted by Crippen LogP contribution is -2.71. The number of carbonyl (C=O) groups is 5. The van der Waals surface area contributed by atoms with E-state index in [0.29, 0.717) is 0 Å². The van der Waals surface area contributed by atoms with Gasteiger partial charge in [0.05, 0.1) is 0 Å². The fraction of sp³-hybridized carbons (Fsp3) is 0.292. The Morgan fingerprint density at radius 2 is 1.97 bits per heavy atom. The van der Waals surface area contributed by atoms with Gasteiger partial charge < -0.3 is 25.7 Å². The van der Waals surface area contributed by atoms with Crippen molar-refractivity contribution in [1.29, 1.82) is 0 Å².